The number of benzene rings is 1. The highest BCUT2D eigenvalue weighted by molar-refractivity contribution is 7.99. The Kier molecular flexibility index (Phi) is 7.38. The van der Waals surface area contributed by atoms with Crippen LogP contribution in [0.4, 0.5) is 5.69 Å². The number of hydrogen-bond acceptors (Lipinski definition) is 6. The average molecular weight is 450 g/mol. The van der Waals surface area contributed by atoms with E-state index in [1.807, 2.05) is 13.8 Å². The molecule has 162 valence electrons. The van der Waals surface area contributed by atoms with Crippen LogP contribution in [-0.2, 0) is 10.0 Å². The van der Waals surface area contributed by atoms with Gasteiger partial charge >= 0.3 is 0 Å². The third kappa shape index (κ3) is 5.14. The Morgan fingerprint density at radius 1 is 1.27 bits per heavy atom. The summed E-state index contributed by atoms with van der Waals surface area (Å²) in [5.74, 6) is -0.0419. The normalized spacial score (nSPS) is 14.8. The van der Waals surface area contributed by atoms with Crippen LogP contribution in [0.3, 0.4) is 0 Å². The van der Waals surface area contributed by atoms with Crippen molar-refractivity contribution < 1.29 is 17.9 Å². The van der Waals surface area contributed by atoms with E-state index in [0.29, 0.717) is 41.7 Å². The molecule has 1 aliphatic rings. The number of pyridine rings is 1. The number of sulfonamides is 1. The molecule has 9 heteroatoms. The Bertz CT molecular complexity index is 1000. The van der Waals surface area contributed by atoms with Gasteiger partial charge in [0.2, 0.25) is 10.0 Å². The number of nitrogens with zero attached hydrogens (tertiary/aromatic N) is 2. The van der Waals surface area contributed by atoms with Gasteiger partial charge in [0.15, 0.2) is 0 Å². The molecule has 1 N–H and O–H groups in total. The van der Waals surface area contributed by atoms with E-state index >= 15 is 0 Å². The van der Waals surface area contributed by atoms with Crippen LogP contribution in [0.1, 0.15) is 44.0 Å². The molecule has 0 radical (unpaired) electrons. The first-order chi connectivity index (χ1) is 14.3. The minimum absolute atomic E-state index is 0.0759. The molecule has 2 heterocycles. The molecule has 7 nitrogen and oxygen atoms in total. The smallest absolute Gasteiger partial charge is 0.258 e. The molecular formula is C21H27N3O4S2. The Balaban J connectivity index is 1.91. The largest absolute Gasteiger partial charge is 0.492 e. The zero-order valence-electron chi connectivity index (χ0n) is 17.4. The van der Waals surface area contributed by atoms with Crippen LogP contribution < -0.4 is 10.1 Å². The highest BCUT2D eigenvalue weighted by Crippen LogP contribution is 2.32. The van der Waals surface area contributed by atoms with Gasteiger partial charge in [-0.3, -0.25) is 4.79 Å². The lowest BCUT2D eigenvalue weighted by atomic mass is 10.2. The molecule has 2 aromatic rings. The second kappa shape index (κ2) is 9.80. The van der Waals surface area contributed by atoms with Crippen molar-refractivity contribution in [2.75, 3.05) is 25.0 Å². The van der Waals surface area contributed by atoms with Crippen LogP contribution in [0.15, 0.2) is 46.5 Å². The molecule has 1 aromatic heterocycles. The first-order valence-electron chi connectivity index (χ1n) is 10.0. The lowest BCUT2D eigenvalue weighted by Gasteiger charge is -2.19. The lowest BCUT2D eigenvalue weighted by molar-refractivity contribution is 0.102. The second-order valence-electron chi connectivity index (χ2n) is 7.18. The standard InChI is InChI=1S/C21H27N3O4S2/c1-4-28-18-10-9-16(14-19(18)30(26,27)24-12-5-6-13-24)23-20(25)17-8-7-11-22-21(17)29-15(2)3/h7-11,14-15H,4-6,12-13H2,1-3H3,(H,23,25). The van der Waals surface area contributed by atoms with E-state index in [0.717, 1.165) is 12.8 Å². The zero-order valence-corrected chi connectivity index (χ0v) is 19.1. The third-order valence-electron chi connectivity index (χ3n) is 4.55. The highest BCUT2D eigenvalue weighted by atomic mass is 32.2. The van der Waals surface area contributed by atoms with E-state index in [2.05, 4.69) is 10.3 Å². The van der Waals surface area contributed by atoms with Crippen LogP contribution in [0.25, 0.3) is 0 Å². The first kappa shape index (κ1) is 22.6. The number of amides is 1. The molecule has 1 aliphatic heterocycles. The van der Waals surface area contributed by atoms with E-state index in [9.17, 15) is 13.2 Å². The summed E-state index contributed by atoms with van der Waals surface area (Å²) in [6.45, 7) is 7.20. The van der Waals surface area contributed by atoms with Crippen molar-refractivity contribution in [3.63, 3.8) is 0 Å². The van der Waals surface area contributed by atoms with Crippen LogP contribution in [0.2, 0.25) is 0 Å². The van der Waals surface area contributed by atoms with Crippen LogP contribution in [0, 0.1) is 0 Å². The molecule has 0 spiro atoms. The van der Waals surface area contributed by atoms with Gasteiger partial charge in [0.25, 0.3) is 5.91 Å². The second-order valence-corrected chi connectivity index (χ2v) is 10.7. The Morgan fingerprint density at radius 2 is 2.00 bits per heavy atom. The molecule has 0 saturated carbocycles. The maximum atomic E-state index is 13.1. The van der Waals surface area contributed by atoms with Gasteiger partial charge in [0.05, 0.1) is 12.2 Å². The minimum Gasteiger partial charge on any atom is -0.492 e. The first-order valence-corrected chi connectivity index (χ1v) is 12.3. The van der Waals surface area contributed by atoms with Gasteiger partial charge in [0.1, 0.15) is 15.7 Å². The van der Waals surface area contributed by atoms with Crippen molar-refractivity contribution in [1.29, 1.82) is 0 Å². The van der Waals surface area contributed by atoms with Crippen molar-refractivity contribution in [2.45, 2.75) is 48.8 Å². The summed E-state index contributed by atoms with van der Waals surface area (Å²) in [5, 5.41) is 3.73. The number of ether oxygens (including phenoxy) is 1. The van der Waals surface area contributed by atoms with Crippen LogP contribution >= 0.6 is 11.8 Å². The van der Waals surface area contributed by atoms with Crippen molar-refractivity contribution in [3.05, 3.63) is 42.1 Å². The number of hydrogen-bond donors (Lipinski definition) is 1. The SMILES string of the molecule is CCOc1ccc(NC(=O)c2cccnc2SC(C)C)cc1S(=O)(=O)N1CCCC1. The van der Waals surface area contributed by atoms with Gasteiger partial charge in [-0.2, -0.15) is 4.31 Å². The molecule has 30 heavy (non-hydrogen) atoms. The number of carbonyl (C=O) groups excluding carboxylic acids is 1. The van der Waals surface area contributed by atoms with Gasteiger partial charge in [-0.25, -0.2) is 13.4 Å². The number of aromatic nitrogens is 1. The Labute approximate surface area is 182 Å². The summed E-state index contributed by atoms with van der Waals surface area (Å²) in [6.07, 6.45) is 3.34. The van der Waals surface area contributed by atoms with Gasteiger partial charge < -0.3 is 10.1 Å². The van der Waals surface area contributed by atoms with E-state index in [1.54, 1.807) is 37.4 Å². The van der Waals surface area contributed by atoms with E-state index in [-0.39, 0.29) is 16.1 Å². The summed E-state index contributed by atoms with van der Waals surface area (Å²) >= 11 is 1.50. The fourth-order valence-electron chi connectivity index (χ4n) is 3.21. The monoisotopic (exact) mass is 449 g/mol. The van der Waals surface area contributed by atoms with Gasteiger partial charge in [0, 0.05) is 30.2 Å². The summed E-state index contributed by atoms with van der Waals surface area (Å²) in [4.78, 5) is 17.3. The summed E-state index contributed by atoms with van der Waals surface area (Å²) < 4.78 is 33.3. The molecule has 1 aromatic carbocycles. The van der Waals surface area contributed by atoms with E-state index in [1.165, 1.54) is 22.1 Å². The predicted molar refractivity (Wildman–Crippen MR) is 119 cm³/mol. The molecule has 1 saturated heterocycles. The predicted octanol–water partition coefficient (Wildman–Crippen LogP) is 4.02. The van der Waals surface area contributed by atoms with E-state index < -0.39 is 10.0 Å². The average Bonchev–Trinajstić information content (AvgIpc) is 3.25. The fraction of sp³-hybridized carbons (Fsp3) is 0.429. The number of carbonyl (C=O) groups is 1. The van der Waals surface area contributed by atoms with Crippen LogP contribution in [0.5, 0.6) is 5.75 Å². The van der Waals surface area contributed by atoms with Gasteiger partial charge in [-0.15, -0.1) is 11.8 Å². The molecule has 0 unspecified atom stereocenters. The zero-order chi connectivity index (χ0) is 21.7. The molecule has 1 amide bonds. The number of nitrogens with one attached hydrogen (secondary N) is 1. The van der Waals surface area contributed by atoms with Crippen LogP contribution in [-0.4, -0.2) is 48.6 Å². The molecular weight excluding hydrogens is 422 g/mol. The third-order valence-corrected chi connectivity index (χ3v) is 7.49. The number of rotatable bonds is 8. The Morgan fingerprint density at radius 3 is 2.67 bits per heavy atom. The van der Waals surface area contributed by atoms with Gasteiger partial charge in [-0.1, -0.05) is 13.8 Å². The fourth-order valence-corrected chi connectivity index (χ4v) is 5.74. The summed E-state index contributed by atoms with van der Waals surface area (Å²) in [5.41, 5.74) is 0.847. The summed E-state index contributed by atoms with van der Waals surface area (Å²) in [7, 11) is -3.70. The molecule has 0 bridgehead atoms. The number of thioether (sulfide) groups is 1. The minimum atomic E-state index is -3.70. The van der Waals surface area contributed by atoms with Crippen molar-refractivity contribution in [3.8, 4) is 5.75 Å². The summed E-state index contributed by atoms with van der Waals surface area (Å²) in [6, 6.07) is 8.14. The molecule has 0 aliphatic carbocycles. The topological polar surface area (TPSA) is 88.6 Å². The Hall–Kier alpha value is -2.10. The molecule has 0 atom stereocenters. The maximum Gasteiger partial charge on any atom is 0.258 e. The lowest BCUT2D eigenvalue weighted by Crippen LogP contribution is -2.28. The van der Waals surface area contributed by atoms with Crippen molar-refractivity contribution >= 4 is 33.4 Å². The highest BCUT2D eigenvalue weighted by Gasteiger charge is 2.30. The van der Waals surface area contributed by atoms with Crippen molar-refractivity contribution in [1.82, 2.24) is 9.29 Å². The quantitative estimate of drug-likeness (QED) is 0.613. The molecule has 3 rings (SSSR count). The number of anilines is 1. The molecule has 1 fully saturated rings. The maximum absolute atomic E-state index is 13.1. The van der Waals surface area contributed by atoms with Crippen molar-refractivity contribution in [2.24, 2.45) is 0 Å². The van der Waals surface area contributed by atoms with E-state index in [4.69, 9.17) is 4.74 Å². The van der Waals surface area contributed by atoms with Gasteiger partial charge in [-0.05, 0) is 50.1 Å².